The largest absolute Gasteiger partial charge is 0.396 e. The molecule has 1 saturated heterocycles. The van der Waals surface area contributed by atoms with Crippen molar-refractivity contribution < 1.29 is 9.90 Å². The van der Waals surface area contributed by atoms with Crippen LogP contribution in [0.4, 0.5) is 0 Å². The fourth-order valence-corrected chi connectivity index (χ4v) is 3.93. The van der Waals surface area contributed by atoms with Crippen LogP contribution in [-0.2, 0) is 0 Å². The fraction of sp³-hybridized carbons (Fsp3) is 0.154. The van der Waals surface area contributed by atoms with E-state index in [4.69, 9.17) is 5.10 Å². The van der Waals surface area contributed by atoms with Gasteiger partial charge in [0, 0.05) is 37.4 Å². The maximum absolute atomic E-state index is 13.2. The number of carbonyl (C=O) groups excluding carboxylic acids is 1. The Balaban J connectivity index is 1.52. The van der Waals surface area contributed by atoms with E-state index in [-0.39, 0.29) is 18.4 Å². The highest BCUT2D eigenvalue weighted by molar-refractivity contribution is 6.00. The fourth-order valence-electron chi connectivity index (χ4n) is 3.93. The van der Waals surface area contributed by atoms with Crippen LogP contribution in [0, 0.1) is 5.92 Å². The summed E-state index contributed by atoms with van der Waals surface area (Å²) >= 11 is 0. The molecule has 0 saturated carbocycles. The van der Waals surface area contributed by atoms with Gasteiger partial charge in [0.2, 0.25) is 0 Å². The van der Waals surface area contributed by atoms with E-state index in [9.17, 15) is 9.90 Å². The van der Waals surface area contributed by atoms with Crippen LogP contribution in [-0.4, -0.2) is 45.4 Å². The second kappa shape index (κ2) is 8.20. The lowest BCUT2D eigenvalue weighted by molar-refractivity contribution is 0.0362. The van der Waals surface area contributed by atoms with Crippen LogP contribution in [0.5, 0.6) is 0 Å². The summed E-state index contributed by atoms with van der Waals surface area (Å²) in [6.45, 7) is 1.28. The number of aromatic nitrogens is 2. The third kappa shape index (κ3) is 3.76. The number of para-hydroxylation sites is 1. The molecule has 2 heterocycles. The van der Waals surface area contributed by atoms with Crippen molar-refractivity contribution in [2.75, 3.05) is 19.7 Å². The lowest BCUT2D eigenvalue weighted by Crippen LogP contribution is -2.51. The van der Waals surface area contributed by atoms with Crippen LogP contribution in [0.25, 0.3) is 28.1 Å². The molecule has 0 radical (unpaired) electrons. The van der Waals surface area contributed by atoms with Gasteiger partial charge in [-0.1, -0.05) is 72.8 Å². The van der Waals surface area contributed by atoms with Crippen molar-refractivity contribution in [3.8, 4) is 28.1 Å². The summed E-state index contributed by atoms with van der Waals surface area (Å²) in [7, 11) is 0. The normalized spacial score (nSPS) is 13.8. The van der Waals surface area contributed by atoms with Crippen molar-refractivity contribution >= 4 is 5.91 Å². The summed E-state index contributed by atoms with van der Waals surface area (Å²) in [6, 6.07) is 28.2. The second-order valence-electron chi connectivity index (χ2n) is 7.87. The molecule has 0 unspecified atom stereocenters. The van der Waals surface area contributed by atoms with Gasteiger partial charge in [-0.05, 0) is 23.3 Å². The summed E-state index contributed by atoms with van der Waals surface area (Å²) in [4.78, 5) is 15.0. The molecular weight excluding hydrogens is 386 g/mol. The molecule has 0 bridgehead atoms. The molecule has 0 aliphatic carbocycles. The number of nitrogens with zero attached hydrogens (tertiary/aromatic N) is 3. The van der Waals surface area contributed by atoms with E-state index in [1.165, 1.54) is 0 Å². The maximum Gasteiger partial charge on any atom is 0.257 e. The van der Waals surface area contributed by atoms with Gasteiger partial charge in [-0.2, -0.15) is 5.10 Å². The molecule has 1 fully saturated rings. The summed E-state index contributed by atoms with van der Waals surface area (Å²) in [5.74, 6) is 0.121. The van der Waals surface area contributed by atoms with Crippen LogP contribution in [0.15, 0.2) is 91.1 Å². The first-order valence-electron chi connectivity index (χ1n) is 10.4. The molecule has 3 aromatic carbocycles. The van der Waals surface area contributed by atoms with Crippen LogP contribution in [0.3, 0.4) is 0 Å². The van der Waals surface area contributed by atoms with Crippen molar-refractivity contribution in [1.82, 2.24) is 14.7 Å². The first-order chi connectivity index (χ1) is 15.2. The van der Waals surface area contributed by atoms with Gasteiger partial charge in [0.1, 0.15) is 5.69 Å². The van der Waals surface area contributed by atoms with Gasteiger partial charge in [-0.25, -0.2) is 4.68 Å². The van der Waals surface area contributed by atoms with E-state index < -0.39 is 0 Å². The number of carbonyl (C=O) groups is 1. The Labute approximate surface area is 181 Å². The quantitative estimate of drug-likeness (QED) is 0.536. The van der Waals surface area contributed by atoms with Gasteiger partial charge in [0.05, 0.1) is 11.3 Å². The molecule has 1 aliphatic rings. The van der Waals surface area contributed by atoms with E-state index >= 15 is 0 Å². The molecule has 5 heteroatoms. The van der Waals surface area contributed by atoms with Crippen LogP contribution < -0.4 is 0 Å². The lowest BCUT2D eigenvalue weighted by atomic mass is 9.98. The molecule has 0 atom stereocenters. The minimum atomic E-state index is -0.0472. The standard InChI is InChI=1S/C26H23N3O2/c30-18-19-15-28(16-19)26(31)24-17-29(23-9-5-2-6-10-23)27-25(24)22-13-11-21(12-14-22)20-7-3-1-4-8-20/h1-14,17,19,30H,15-16,18H2. The Morgan fingerprint density at radius 2 is 1.42 bits per heavy atom. The number of hydrogen-bond acceptors (Lipinski definition) is 3. The van der Waals surface area contributed by atoms with E-state index in [0.717, 1.165) is 22.4 Å². The number of aliphatic hydroxyl groups excluding tert-OH is 1. The van der Waals surface area contributed by atoms with Crippen LogP contribution in [0.1, 0.15) is 10.4 Å². The molecule has 1 N–H and O–H groups in total. The highest BCUT2D eigenvalue weighted by atomic mass is 16.3. The predicted molar refractivity (Wildman–Crippen MR) is 121 cm³/mol. The minimum Gasteiger partial charge on any atom is -0.396 e. The van der Waals surface area contributed by atoms with Crippen molar-refractivity contribution in [3.63, 3.8) is 0 Å². The maximum atomic E-state index is 13.2. The minimum absolute atomic E-state index is 0.0472. The number of amides is 1. The predicted octanol–water partition coefficient (Wildman–Crippen LogP) is 4.27. The molecular formula is C26H23N3O2. The molecule has 4 aromatic rings. The van der Waals surface area contributed by atoms with Gasteiger partial charge in [-0.15, -0.1) is 0 Å². The van der Waals surface area contributed by atoms with Crippen LogP contribution in [0.2, 0.25) is 0 Å². The number of aliphatic hydroxyl groups is 1. The van der Waals surface area contributed by atoms with E-state index in [1.807, 2.05) is 66.9 Å². The van der Waals surface area contributed by atoms with E-state index in [1.54, 1.807) is 9.58 Å². The van der Waals surface area contributed by atoms with Crippen molar-refractivity contribution in [1.29, 1.82) is 0 Å². The Morgan fingerprint density at radius 3 is 2.06 bits per heavy atom. The summed E-state index contributed by atoms with van der Waals surface area (Å²) in [5.41, 5.74) is 5.31. The summed E-state index contributed by atoms with van der Waals surface area (Å²) in [5, 5.41) is 14.1. The highest BCUT2D eigenvalue weighted by Gasteiger charge is 2.33. The molecule has 1 aliphatic heterocycles. The highest BCUT2D eigenvalue weighted by Crippen LogP contribution is 2.29. The molecule has 1 aromatic heterocycles. The first-order valence-corrected chi connectivity index (χ1v) is 10.4. The first kappa shape index (κ1) is 19.3. The second-order valence-corrected chi connectivity index (χ2v) is 7.87. The number of hydrogen-bond donors (Lipinski definition) is 1. The SMILES string of the molecule is O=C(c1cn(-c2ccccc2)nc1-c1ccc(-c2ccccc2)cc1)N1CC(CO)C1. The monoisotopic (exact) mass is 409 g/mol. The molecule has 31 heavy (non-hydrogen) atoms. The molecule has 5 rings (SSSR count). The zero-order valence-corrected chi connectivity index (χ0v) is 17.1. The van der Waals surface area contributed by atoms with E-state index in [2.05, 4.69) is 24.3 Å². The zero-order valence-electron chi connectivity index (χ0n) is 17.1. The molecule has 5 nitrogen and oxygen atoms in total. The smallest absolute Gasteiger partial charge is 0.257 e. The Morgan fingerprint density at radius 1 is 0.839 bits per heavy atom. The van der Waals surface area contributed by atoms with Gasteiger partial charge < -0.3 is 10.0 Å². The van der Waals surface area contributed by atoms with Crippen molar-refractivity contribution in [2.24, 2.45) is 5.92 Å². The third-order valence-electron chi connectivity index (χ3n) is 5.73. The van der Waals surface area contributed by atoms with Crippen molar-refractivity contribution in [3.05, 3.63) is 96.7 Å². The summed E-state index contributed by atoms with van der Waals surface area (Å²) < 4.78 is 1.76. The molecule has 1 amide bonds. The van der Waals surface area contributed by atoms with E-state index in [0.29, 0.717) is 24.3 Å². The van der Waals surface area contributed by atoms with Gasteiger partial charge in [0.25, 0.3) is 5.91 Å². The van der Waals surface area contributed by atoms with Crippen LogP contribution >= 0.6 is 0 Å². The number of rotatable bonds is 5. The average molecular weight is 409 g/mol. The summed E-state index contributed by atoms with van der Waals surface area (Å²) in [6.07, 6.45) is 1.81. The Kier molecular flexibility index (Phi) is 5.10. The topological polar surface area (TPSA) is 58.4 Å². The Hall–Kier alpha value is -3.70. The average Bonchev–Trinajstić information content (AvgIpc) is 3.25. The van der Waals surface area contributed by atoms with Gasteiger partial charge in [0.15, 0.2) is 0 Å². The van der Waals surface area contributed by atoms with Gasteiger partial charge >= 0.3 is 0 Å². The Bertz CT molecular complexity index is 1180. The molecule has 0 spiro atoms. The third-order valence-corrected chi connectivity index (χ3v) is 5.73. The van der Waals surface area contributed by atoms with Gasteiger partial charge in [-0.3, -0.25) is 4.79 Å². The zero-order chi connectivity index (χ0) is 21.2. The van der Waals surface area contributed by atoms with Crippen molar-refractivity contribution in [2.45, 2.75) is 0 Å². The number of benzene rings is 3. The number of likely N-dealkylation sites (tertiary alicyclic amines) is 1. The lowest BCUT2D eigenvalue weighted by Gasteiger charge is -2.38. The molecule has 154 valence electrons.